The highest BCUT2D eigenvalue weighted by molar-refractivity contribution is 6.30. The van der Waals surface area contributed by atoms with Crippen LogP contribution in [0.15, 0.2) is 18.3 Å². The van der Waals surface area contributed by atoms with Crippen LogP contribution in [-0.2, 0) is 14.3 Å². The second-order valence-corrected chi connectivity index (χ2v) is 9.07. The zero-order valence-electron chi connectivity index (χ0n) is 16.5. The molecule has 0 radical (unpaired) electrons. The van der Waals surface area contributed by atoms with Crippen LogP contribution in [0, 0.1) is 11.8 Å². The molecule has 0 spiro atoms. The minimum absolute atomic E-state index is 0.0999. The summed E-state index contributed by atoms with van der Waals surface area (Å²) in [6, 6.07) is 3.60. The van der Waals surface area contributed by atoms with Gasteiger partial charge in [0.15, 0.2) is 0 Å². The number of hydrogen-bond acceptors (Lipinski definition) is 5. The van der Waals surface area contributed by atoms with Gasteiger partial charge in [0.2, 0.25) is 11.8 Å². The number of piperidine rings is 3. The van der Waals surface area contributed by atoms with E-state index in [1.54, 1.807) is 6.20 Å². The molecule has 8 heteroatoms. The van der Waals surface area contributed by atoms with Crippen molar-refractivity contribution in [3.8, 4) is 0 Å². The zero-order valence-corrected chi connectivity index (χ0v) is 17.3. The summed E-state index contributed by atoms with van der Waals surface area (Å²) in [4.78, 5) is 37.2. The maximum absolute atomic E-state index is 13.6. The van der Waals surface area contributed by atoms with Crippen LogP contribution in [0.2, 0.25) is 5.02 Å². The molecule has 4 saturated heterocycles. The molecule has 2 amide bonds. The number of carbonyl (C=O) groups is 2. The van der Waals surface area contributed by atoms with Gasteiger partial charge in [-0.15, -0.1) is 0 Å². The number of morpholine rings is 1. The predicted molar refractivity (Wildman–Crippen MR) is 109 cm³/mol. The quantitative estimate of drug-likeness (QED) is 0.732. The third-order valence-corrected chi connectivity index (χ3v) is 7.18. The molecule has 0 unspecified atom stereocenters. The number of fused-ring (bicyclic) bond motifs is 4. The number of halogens is 1. The summed E-state index contributed by atoms with van der Waals surface area (Å²) in [6.07, 6.45) is 5.13. The average molecular weight is 419 g/mol. The van der Waals surface area contributed by atoms with E-state index in [9.17, 15) is 9.59 Å². The number of nitrogens with zero attached hydrogens (tertiary/aromatic N) is 4. The Kier molecular flexibility index (Phi) is 5.12. The number of rotatable bonds is 2. The number of pyridine rings is 1. The van der Waals surface area contributed by atoms with Gasteiger partial charge in [0.25, 0.3) is 0 Å². The number of ether oxygens (including phenoxy) is 1. The lowest BCUT2D eigenvalue weighted by atomic mass is 9.71. The van der Waals surface area contributed by atoms with E-state index in [-0.39, 0.29) is 29.8 Å². The van der Waals surface area contributed by atoms with Gasteiger partial charge in [0.05, 0.1) is 18.2 Å². The molecule has 29 heavy (non-hydrogen) atoms. The van der Waals surface area contributed by atoms with Gasteiger partial charge in [-0.25, -0.2) is 4.98 Å². The first-order valence-electron chi connectivity index (χ1n) is 10.7. The van der Waals surface area contributed by atoms with Gasteiger partial charge in [-0.3, -0.25) is 9.59 Å². The van der Waals surface area contributed by atoms with Crippen molar-refractivity contribution in [1.29, 1.82) is 0 Å². The molecule has 1 aromatic rings. The summed E-state index contributed by atoms with van der Waals surface area (Å²) in [5.74, 6) is 1.66. The summed E-state index contributed by atoms with van der Waals surface area (Å²) in [5.41, 5.74) is 0. The Labute approximate surface area is 175 Å². The normalized spacial score (nSPS) is 32.2. The van der Waals surface area contributed by atoms with Crippen LogP contribution in [0.3, 0.4) is 0 Å². The molecule has 4 aliphatic rings. The Morgan fingerprint density at radius 3 is 2.72 bits per heavy atom. The van der Waals surface area contributed by atoms with E-state index in [4.69, 9.17) is 16.3 Å². The summed E-state index contributed by atoms with van der Waals surface area (Å²) in [7, 11) is 0. The second-order valence-electron chi connectivity index (χ2n) is 8.64. The first kappa shape index (κ1) is 19.1. The van der Waals surface area contributed by atoms with Crippen LogP contribution < -0.4 is 4.90 Å². The summed E-state index contributed by atoms with van der Waals surface area (Å²) in [6.45, 7) is 3.98. The molecule has 0 aromatic carbocycles. The van der Waals surface area contributed by atoms with Crippen LogP contribution >= 0.6 is 11.6 Å². The van der Waals surface area contributed by atoms with Crippen LogP contribution in [0.1, 0.15) is 25.7 Å². The Morgan fingerprint density at radius 1 is 1.17 bits per heavy atom. The molecule has 0 N–H and O–H groups in total. The Morgan fingerprint density at radius 2 is 1.97 bits per heavy atom. The van der Waals surface area contributed by atoms with Gasteiger partial charge in [-0.05, 0) is 37.3 Å². The molecule has 7 nitrogen and oxygen atoms in total. The monoisotopic (exact) mass is 418 g/mol. The van der Waals surface area contributed by atoms with Crippen LogP contribution in [-0.4, -0.2) is 78.1 Å². The van der Waals surface area contributed by atoms with Gasteiger partial charge >= 0.3 is 0 Å². The average Bonchev–Trinajstić information content (AvgIpc) is 2.75. The molecule has 1 aromatic heterocycles. The minimum atomic E-state index is -0.364. The van der Waals surface area contributed by atoms with Crippen molar-refractivity contribution in [2.24, 2.45) is 11.8 Å². The van der Waals surface area contributed by atoms with Crippen molar-refractivity contribution in [3.05, 3.63) is 23.4 Å². The number of anilines is 1. The fourth-order valence-corrected chi connectivity index (χ4v) is 5.80. The van der Waals surface area contributed by atoms with E-state index in [1.807, 2.05) is 21.9 Å². The molecule has 156 valence electrons. The molecule has 4 fully saturated rings. The highest BCUT2D eigenvalue weighted by Gasteiger charge is 2.52. The van der Waals surface area contributed by atoms with Gasteiger partial charge in [0.1, 0.15) is 11.9 Å². The van der Waals surface area contributed by atoms with Crippen molar-refractivity contribution in [2.45, 2.75) is 37.8 Å². The topological polar surface area (TPSA) is 66.0 Å². The smallest absolute Gasteiger partial charge is 0.245 e. The fourth-order valence-electron chi connectivity index (χ4n) is 5.69. The third kappa shape index (κ3) is 3.48. The van der Waals surface area contributed by atoms with Gasteiger partial charge in [0, 0.05) is 50.8 Å². The number of hydrogen-bond donors (Lipinski definition) is 0. The molecule has 5 rings (SSSR count). The number of carbonyl (C=O) groups excluding carboxylic acids is 2. The Balaban J connectivity index is 1.46. The van der Waals surface area contributed by atoms with Crippen molar-refractivity contribution < 1.29 is 14.3 Å². The summed E-state index contributed by atoms with van der Waals surface area (Å²) in [5, 5.41) is 0.621. The maximum atomic E-state index is 13.6. The lowest BCUT2D eigenvalue weighted by molar-refractivity contribution is -0.163. The van der Waals surface area contributed by atoms with Crippen LogP contribution in [0.4, 0.5) is 5.82 Å². The van der Waals surface area contributed by atoms with Gasteiger partial charge < -0.3 is 19.4 Å². The van der Waals surface area contributed by atoms with E-state index < -0.39 is 0 Å². The van der Waals surface area contributed by atoms with E-state index >= 15 is 0 Å². The molecule has 5 heterocycles. The molecule has 0 saturated carbocycles. The minimum Gasteiger partial charge on any atom is -0.378 e. The molecule has 4 aliphatic heterocycles. The van der Waals surface area contributed by atoms with Crippen molar-refractivity contribution in [3.63, 3.8) is 0 Å². The van der Waals surface area contributed by atoms with E-state index in [0.29, 0.717) is 43.7 Å². The van der Waals surface area contributed by atoms with Gasteiger partial charge in [-0.2, -0.15) is 0 Å². The standard InChI is InChI=1S/C21H27ClN4O3/c22-16-4-5-18(23-11-16)25-12-14-10-15(13-25)20(21(28)24-6-8-29-9-7-24)26-17(14)2-1-3-19(26)27/h4-5,11,14-15,17,20H,1-3,6-10,12-13H2/t14-,15+,17+,20-/m1/s1. The largest absolute Gasteiger partial charge is 0.378 e. The first-order chi connectivity index (χ1) is 14.1. The van der Waals surface area contributed by atoms with Crippen molar-refractivity contribution in [2.75, 3.05) is 44.3 Å². The third-order valence-electron chi connectivity index (χ3n) is 6.95. The molecule has 2 bridgehead atoms. The van der Waals surface area contributed by atoms with Crippen LogP contribution in [0.25, 0.3) is 0 Å². The predicted octanol–water partition coefficient (Wildman–Crippen LogP) is 1.80. The lowest BCUT2D eigenvalue weighted by Crippen LogP contribution is -2.69. The molecular formula is C21H27ClN4O3. The summed E-state index contributed by atoms with van der Waals surface area (Å²) < 4.78 is 5.43. The number of aromatic nitrogens is 1. The highest BCUT2D eigenvalue weighted by Crippen LogP contribution is 2.43. The Hall–Kier alpha value is -1.86. The lowest BCUT2D eigenvalue weighted by Gasteiger charge is -2.56. The molecular weight excluding hydrogens is 392 g/mol. The molecule has 0 aliphatic carbocycles. The number of amides is 2. The van der Waals surface area contributed by atoms with Crippen molar-refractivity contribution >= 4 is 29.2 Å². The zero-order chi connectivity index (χ0) is 20.0. The van der Waals surface area contributed by atoms with Crippen molar-refractivity contribution in [1.82, 2.24) is 14.8 Å². The summed E-state index contributed by atoms with van der Waals surface area (Å²) >= 11 is 6.02. The van der Waals surface area contributed by atoms with E-state index in [1.165, 1.54) is 0 Å². The SMILES string of the molecule is O=C([C@H]1[C@H]2C[C@H](CN(c3ccc(Cl)cn3)C2)[C@@H]2CCCC(=O)N21)N1CCOCC1. The van der Waals surface area contributed by atoms with Gasteiger partial charge in [-0.1, -0.05) is 11.6 Å². The Bertz CT molecular complexity index is 783. The first-order valence-corrected chi connectivity index (χ1v) is 11.0. The maximum Gasteiger partial charge on any atom is 0.245 e. The second kappa shape index (κ2) is 7.76. The van der Waals surface area contributed by atoms with E-state index in [0.717, 1.165) is 38.2 Å². The van der Waals surface area contributed by atoms with Crippen LogP contribution in [0.5, 0.6) is 0 Å². The molecule has 4 atom stereocenters. The van der Waals surface area contributed by atoms with E-state index in [2.05, 4.69) is 9.88 Å². The highest BCUT2D eigenvalue weighted by atomic mass is 35.5. The fraction of sp³-hybridized carbons (Fsp3) is 0.667.